The van der Waals surface area contributed by atoms with Gasteiger partial charge in [0.1, 0.15) is 6.10 Å². The molecule has 1 saturated heterocycles. The molecule has 2 bridgehead atoms. The van der Waals surface area contributed by atoms with E-state index in [0.29, 0.717) is 18.4 Å². The molecule has 0 aromatic rings. The van der Waals surface area contributed by atoms with Gasteiger partial charge >= 0.3 is 5.97 Å². The van der Waals surface area contributed by atoms with E-state index < -0.39 is 5.97 Å². The van der Waals surface area contributed by atoms with Crippen molar-refractivity contribution in [2.45, 2.75) is 89.3 Å². The second kappa shape index (κ2) is 12.4. The van der Waals surface area contributed by atoms with E-state index in [4.69, 9.17) is 20.1 Å². The molecule has 1 aliphatic heterocycles. The summed E-state index contributed by atoms with van der Waals surface area (Å²) in [7, 11) is 0. The molecule has 0 spiro atoms. The third kappa shape index (κ3) is 7.35. The van der Waals surface area contributed by atoms with Crippen LogP contribution in [0, 0.1) is 11.8 Å². The molecule has 6 nitrogen and oxygen atoms in total. The minimum Gasteiger partial charge on any atom is -0.481 e. The Balaban J connectivity index is 1.61. The predicted molar refractivity (Wildman–Crippen MR) is 97.5 cm³/mol. The van der Waals surface area contributed by atoms with E-state index in [1.807, 2.05) is 0 Å². The quantitative estimate of drug-likeness (QED) is 0.187. The first-order valence-corrected chi connectivity index (χ1v) is 10.2. The number of fused-ring (bicyclic) bond motifs is 2. The molecule has 2 fully saturated rings. The molecular weight excluding hydrogens is 336 g/mol. The van der Waals surface area contributed by atoms with Gasteiger partial charge in [0.15, 0.2) is 0 Å². The Bertz CT molecular complexity index is 425. The maximum atomic E-state index is 10.5. The van der Waals surface area contributed by atoms with E-state index in [1.165, 1.54) is 0 Å². The molecule has 4 atom stereocenters. The standard InChI is InChI=1S/C20H34O6/c21-20(22)13-9-5-4-8-12-17-16(18-15-19(17)26-25-18)11-7-3-1-2-6-10-14-24-23/h7,11,16-19,23H,1-6,8-10,12-15H2,(H,21,22)/t16-,17-,18+,19-/m1/s1. The van der Waals surface area contributed by atoms with Crippen LogP contribution in [0.15, 0.2) is 12.2 Å². The van der Waals surface area contributed by atoms with Crippen molar-refractivity contribution in [2.24, 2.45) is 11.8 Å². The fraction of sp³-hybridized carbons (Fsp3) is 0.850. The summed E-state index contributed by atoms with van der Waals surface area (Å²) in [6, 6.07) is 0. The molecule has 0 radical (unpaired) electrons. The van der Waals surface area contributed by atoms with Crippen LogP contribution in [-0.4, -0.2) is 35.1 Å². The zero-order valence-electron chi connectivity index (χ0n) is 15.7. The Labute approximate surface area is 156 Å². The van der Waals surface area contributed by atoms with Crippen LogP contribution in [0.25, 0.3) is 0 Å². The zero-order valence-corrected chi connectivity index (χ0v) is 15.7. The van der Waals surface area contributed by atoms with Gasteiger partial charge in [-0.25, -0.2) is 14.7 Å². The summed E-state index contributed by atoms with van der Waals surface area (Å²) >= 11 is 0. The molecule has 0 amide bonds. The highest BCUT2D eigenvalue weighted by atomic mass is 17.2. The van der Waals surface area contributed by atoms with Gasteiger partial charge in [0.05, 0.1) is 12.7 Å². The predicted octanol–water partition coefficient (Wildman–Crippen LogP) is 4.74. The van der Waals surface area contributed by atoms with Crippen LogP contribution in [0.5, 0.6) is 0 Å². The van der Waals surface area contributed by atoms with Crippen LogP contribution < -0.4 is 0 Å². The lowest BCUT2D eigenvalue weighted by atomic mass is 9.87. The Morgan fingerprint density at radius 3 is 2.54 bits per heavy atom. The first-order chi connectivity index (χ1) is 12.7. The molecule has 1 saturated carbocycles. The molecule has 26 heavy (non-hydrogen) atoms. The molecular formula is C20H34O6. The first-order valence-electron chi connectivity index (χ1n) is 10.2. The molecule has 1 heterocycles. The van der Waals surface area contributed by atoms with Gasteiger partial charge in [-0.3, -0.25) is 10.1 Å². The van der Waals surface area contributed by atoms with Crippen molar-refractivity contribution in [1.29, 1.82) is 0 Å². The van der Waals surface area contributed by atoms with Crippen LogP contribution in [0.1, 0.15) is 77.0 Å². The largest absolute Gasteiger partial charge is 0.481 e. The Morgan fingerprint density at radius 1 is 1.00 bits per heavy atom. The minimum absolute atomic E-state index is 0.204. The number of hydrogen-bond acceptors (Lipinski definition) is 5. The summed E-state index contributed by atoms with van der Waals surface area (Å²) in [6.07, 6.45) is 16.9. The fourth-order valence-electron chi connectivity index (χ4n) is 4.13. The van der Waals surface area contributed by atoms with Gasteiger partial charge in [-0.05, 0) is 38.0 Å². The summed E-state index contributed by atoms with van der Waals surface area (Å²) in [5.41, 5.74) is 0. The fourth-order valence-corrected chi connectivity index (χ4v) is 4.13. The molecule has 2 N–H and O–H groups in total. The van der Waals surface area contributed by atoms with E-state index in [-0.39, 0.29) is 18.6 Å². The normalized spacial score (nSPS) is 27.6. The number of carbonyl (C=O) groups is 1. The number of hydrogen-bond donors (Lipinski definition) is 2. The lowest BCUT2D eigenvalue weighted by Gasteiger charge is -2.28. The van der Waals surface area contributed by atoms with Crippen molar-refractivity contribution in [3.05, 3.63) is 12.2 Å². The molecule has 2 rings (SSSR count). The number of allylic oxidation sites excluding steroid dienone is 1. The van der Waals surface area contributed by atoms with E-state index in [1.54, 1.807) is 0 Å². The molecule has 0 unspecified atom stereocenters. The van der Waals surface area contributed by atoms with Gasteiger partial charge in [0, 0.05) is 18.8 Å². The monoisotopic (exact) mass is 370 g/mol. The number of unbranched alkanes of at least 4 members (excludes halogenated alkanes) is 7. The number of aliphatic carboxylic acids is 1. The van der Waals surface area contributed by atoms with Crippen molar-refractivity contribution in [3.63, 3.8) is 0 Å². The smallest absolute Gasteiger partial charge is 0.303 e. The van der Waals surface area contributed by atoms with E-state index in [9.17, 15) is 4.79 Å². The SMILES string of the molecule is O=C(O)CCCCCC[C@@H]1[C@@H](C=CCCCCCCOO)[C@@H]2C[C@H]1OO2. The van der Waals surface area contributed by atoms with Crippen molar-refractivity contribution >= 4 is 5.97 Å². The Hall–Kier alpha value is -0.950. The minimum atomic E-state index is -0.699. The van der Waals surface area contributed by atoms with Gasteiger partial charge in [-0.1, -0.05) is 44.3 Å². The molecule has 150 valence electrons. The lowest BCUT2D eigenvalue weighted by Crippen LogP contribution is -2.28. The van der Waals surface area contributed by atoms with Gasteiger partial charge < -0.3 is 5.11 Å². The second-order valence-corrected chi connectivity index (χ2v) is 7.56. The summed E-state index contributed by atoms with van der Waals surface area (Å²) < 4.78 is 0. The Kier molecular flexibility index (Phi) is 10.2. The van der Waals surface area contributed by atoms with Crippen LogP contribution >= 0.6 is 0 Å². The Morgan fingerprint density at radius 2 is 1.73 bits per heavy atom. The van der Waals surface area contributed by atoms with Gasteiger partial charge in [-0.2, -0.15) is 0 Å². The van der Waals surface area contributed by atoms with Gasteiger partial charge in [0.25, 0.3) is 0 Å². The summed E-state index contributed by atoms with van der Waals surface area (Å²) in [4.78, 5) is 25.5. The summed E-state index contributed by atoms with van der Waals surface area (Å²) in [5, 5.41) is 16.9. The van der Waals surface area contributed by atoms with E-state index in [2.05, 4.69) is 17.0 Å². The van der Waals surface area contributed by atoms with Gasteiger partial charge in [-0.15, -0.1) is 0 Å². The molecule has 0 aromatic carbocycles. The third-order valence-corrected chi connectivity index (χ3v) is 5.56. The summed E-state index contributed by atoms with van der Waals surface area (Å²) in [6.45, 7) is 0.427. The zero-order chi connectivity index (χ0) is 18.6. The van der Waals surface area contributed by atoms with Crippen molar-refractivity contribution in [2.75, 3.05) is 6.61 Å². The maximum absolute atomic E-state index is 10.5. The lowest BCUT2D eigenvalue weighted by molar-refractivity contribution is -0.337. The van der Waals surface area contributed by atoms with E-state index >= 15 is 0 Å². The highest BCUT2D eigenvalue weighted by molar-refractivity contribution is 5.66. The van der Waals surface area contributed by atoms with Crippen LogP contribution in [0.3, 0.4) is 0 Å². The number of carboxylic acid groups (broad SMARTS) is 1. The van der Waals surface area contributed by atoms with Crippen LogP contribution in [0.2, 0.25) is 0 Å². The third-order valence-electron chi connectivity index (χ3n) is 5.56. The number of rotatable bonds is 15. The average Bonchev–Trinajstić information content (AvgIpc) is 3.22. The highest BCUT2D eigenvalue weighted by Crippen LogP contribution is 2.45. The van der Waals surface area contributed by atoms with Crippen LogP contribution in [0.4, 0.5) is 0 Å². The van der Waals surface area contributed by atoms with Crippen molar-refractivity contribution in [3.8, 4) is 0 Å². The van der Waals surface area contributed by atoms with Crippen molar-refractivity contribution in [1.82, 2.24) is 0 Å². The molecule has 1 aliphatic carbocycles. The van der Waals surface area contributed by atoms with Gasteiger partial charge in [0.2, 0.25) is 0 Å². The van der Waals surface area contributed by atoms with E-state index in [0.717, 1.165) is 70.6 Å². The first kappa shape index (κ1) is 21.4. The second-order valence-electron chi connectivity index (χ2n) is 7.56. The molecule has 0 aromatic heterocycles. The topological polar surface area (TPSA) is 85.2 Å². The molecule has 2 aliphatic rings. The van der Waals surface area contributed by atoms with Crippen molar-refractivity contribution < 1.29 is 29.8 Å². The molecule has 6 heteroatoms. The average molecular weight is 370 g/mol. The summed E-state index contributed by atoms with van der Waals surface area (Å²) in [5.74, 6) is 0.289. The maximum Gasteiger partial charge on any atom is 0.303 e. The van der Waals surface area contributed by atoms with Crippen LogP contribution in [-0.2, 0) is 19.5 Å². The highest BCUT2D eigenvalue weighted by Gasteiger charge is 2.49. The number of carboxylic acids is 1.